The molecule has 0 unspecified atom stereocenters. The molecule has 0 aliphatic heterocycles. The lowest BCUT2D eigenvalue weighted by Crippen LogP contribution is -2.42. The van der Waals surface area contributed by atoms with Gasteiger partial charge >= 0.3 is 0 Å². The Balaban J connectivity index is 1.75. The topological polar surface area (TPSA) is 69.7 Å². The van der Waals surface area contributed by atoms with E-state index in [0.29, 0.717) is 18.1 Å². The van der Waals surface area contributed by atoms with Crippen molar-refractivity contribution in [3.8, 4) is 0 Å². The highest BCUT2D eigenvalue weighted by molar-refractivity contribution is 7.92. The summed E-state index contributed by atoms with van der Waals surface area (Å²) in [7, 11) is -2.08. The van der Waals surface area contributed by atoms with Crippen LogP contribution in [0.5, 0.6) is 0 Å². The van der Waals surface area contributed by atoms with Crippen LogP contribution in [0.15, 0.2) is 83.8 Å². The van der Waals surface area contributed by atoms with Gasteiger partial charge in [-0.15, -0.1) is 0 Å². The molecule has 0 saturated carbocycles. The molecule has 0 heterocycles. The SMILES string of the molecule is CN(CCNC(=O)CN(c1ccc(Cl)c(Cl)c1)S(=O)(=O)c1ccccc1)c1ccccc1. The maximum atomic E-state index is 13.3. The lowest BCUT2D eigenvalue weighted by Gasteiger charge is -2.25. The first-order valence-corrected chi connectivity index (χ1v) is 12.0. The minimum absolute atomic E-state index is 0.0719. The highest BCUT2D eigenvalue weighted by Gasteiger charge is 2.27. The Labute approximate surface area is 198 Å². The maximum absolute atomic E-state index is 13.3. The monoisotopic (exact) mass is 491 g/mol. The second kappa shape index (κ2) is 10.7. The maximum Gasteiger partial charge on any atom is 0.264 e. The van der Waals surface area contributed by atoms with E-state index in [9.17, 15) is 13.2 Å². The molecule has 1 N–H and O–H groups in total. The van der Waals surface area contributed by atoms with Crippen LogP contribution in [0.4, 0.5) is 11.4 Å². The number of anilines is 2. The highest BCUT2D eigenvalue weighted by atomic mass is 35.5. The molecule has 0 aromatic heterocycles. The molecule has 1 amide bonds. The van der Waals surface area contributed by atoms with Crippen molar-refractivity contribution in [1.29, 1.82) is 0 Å². The Morgan fingerprint density at radius 2 is 1.50 bits per heavy atom. The molecule has 0 aliphatic carbocycles. The smallest absolute Gasteiger partial charge is 0.264 e. The molecule has 0 aliphatic rings. The van der Waals surface area contributed by atoms with Gasteiger partial charge in [-0.2, -0.15) is 0 Å². The van der Waals surface area contributed by atoms with E-state index in [4.69, 9.17) is 23.2 Å². The van der Waals surface area contributed by atoms with Crippen LogP contribution in [0.25, 0.3) is 0 Å². The zero-order valence-electron chi connectivity index (χ0n) is 17.4. The number of rotatable bonds is 9. The Morgan fingerprint density at radius 1 is 0.875 bits per heavy atom. The molecule has 0 saturated heterocycles. The summed E-state index contributed by atoms with van der Waals surface area (Å²) in [5, 5.41) is 3.28. The van der Waals surface area contributed by atoms with Crippen LogP contribution >= 0.6 is 23.2 Å². The molecule has 3 rings (SSSR count). The van der Waals surface area contributed by atoms with Crippen LogP contribution in [0, 0.1) is 0 Å². The number of para-hydroxylation sites is 1. The third-order valence-corrected chi connectivity index (χ3v) is 7.30. The molecule has 3 aromatic carbocycles. The summed E-state index contributed by atoms with van der Waals surface area (Å²) in [6, 6.07) is 22.1. The summed E-state index contributed by atoms with van der Waals surface area (Å²) in [5.41, 5.74) is 1.27. The zero-order valence-corrected chi connectivity index (χ0v) is 19.7. The van der Waals surface area contributed by atoms with Gasteiger partial charge in [0, 0.05) is 25.8 Å². The van der Waals surface area contributed by atoms with Gasteiger partial charge in [-0.25, -0.2) is 8.42 Å². The van der Waals surface area contributed by atoms with Crippen LogP contribution in [0.1, 0.15) is 0 Å². The Hall–Kier alpha value is -2.74. The number of sulfonamides is 1. The van der Waals surface area contributed by atoms with Crippen LogP contribution in [0.2, 0.25) is 10.0 Å². The minimum atomic E-state index is -4.00. The van der Waals surface area contributed by atoms with E-state index in [-0.39, 0.29) is 15.6 Å². The van der Waals surface area contributed by atoms with Gasteiger partial charge in [0.15, 0.2) is 0 Å². The average molecular weight is 492 g/mol. The van der Waals surface area contributed by atoms with Crippen molar-refractivity contribution in [3.05, 3.63) is 88.9 Å². The lowest BCUT2D eigenvalue weighted by molar-refractivity contribution is -0.119. The van der Waals surface area contributed by atoms with Gasteiger partial charge in [0.25, 0.3) is 10.0 Å². The van der Waals surface area contributed by atoms with E-state index >= 15 is 0 Å². The molecule has 6 nitrogen and oxygen atoms in total. The van der Waals surface area contributed by atoms with E-state index in [1.165, 1.54) is 30.3 Å². The summed E-state index contributed by atoms with van der Waals surface area (Å²) >= 11 is 12.1. The standard InChI is InChI=1S/C23H23Cl2N3O3S/c1-27(18-8-4-2-5-9-18)15-14-26-23(29)17-28(19-12-13-21(24)22(25)16-19)32(30,31)20-10-6-3-7-11-20/h2-13,16H,14-15,17H2,1H3,(H,26,29). The second-order valence-electron chi connectivity index (χ2n) is 7.03. The zero-order chi connectivity index (χ0) is 23.1. The van der Waals surface area contributed by atoms with E-state index in [1.54, 1.807) is 18.2 Å². The molecule has 3 aromatic rings. The molecule has 168 valence electrons. The van der Waals surface area contributed by atoms with Crippen LogP contribution < -0.4 is 14.5 Å². The van der Waals surface area contributed by atoms with Gasteiger partial charge in [0.1, 0.15) is 6.54 Å². The second-order valence-corrected chi connectivity index (χ2v) is 9.71. The van der Waals surface area contributed by atoms with Gasteiger partial charge in [0.05, 0.1) is 20.6 Å². The van der Waals surface area contributed by atoms with E-state index in [1.807, 2.05) is 42.3 Å². The number of carbonyl (C=O) groups excluding carboxylic acids is 1. The average Bonchev–Trinajstić information content (AvgIpc) is 2.80. The number of benzene rings is 3. The van der Waals surface area contributed by atoms with Gasteiger partial charge in [-0.3, -0.25) is 9.10 Å². The first-order valence-electron chi connectivity index (χ1n) is 9.85. The van der Waals surface area contributed by atoms with Crippen molar-refractivity contribution < 1.29 is 13.2 Å². The predicted molar refractivity (Wildman–Crippen MR) is 130 cm³/mol. The number of nitrogens with zero attached hydrogens (tertiary/aromatic N) is 2. The van der Waals surface area contributed by atoms with Gasteiger partial charge in [0.2, 0.25) is 5.91 Å². The van der Waals surface area contributed by atoms with Crippen LogP contribution in [-0.4, -0.2) is 41.0 Å². The van der Waals surface area contributed by atoms with Gasteiger partial charge < -0.3 is 10.2 Å². The third kappa shape index (κ3) is 5.94. The van der Waals surface area contributed by atoms with Gasteiger partial charge in [-0.05, 0) is 42.5 Å². The minimum Gasteiger partial charge on any atom is -0.373 e. The molecule has 9 heteroatoms. The van der Waals surface area contributed by atoms with Crippen molar-refractivity contribution in [2.24, 2.45) is 0 Å². The fourth-order valence-corrected chi connectivity index (χ4v) is 4.76. The highest BCUT2D eigenvalue weighted by Crippen LogP contribution is 2.30. The van der Waals surface area contributed by atoms with Crippen molar-refractivity contribution in [2.45, 2.75) is 4.90 Å². The number of hydrogen-bond donors (Lipinski definition) is 1. The molecule has 0 atom stereocenters. The Bertz CT molecular complexity index is 1160. The molecular weight excluding hydrogens is 469 g/mol. The summed E-state index contributed by atoms with van der Waals surface area (Å²) in [6.45, 7) is 0.517. The van der Waals surface area contributed by atoms with Crippen molar-refractivity contribution in [2.75, 3.05) is 35.9 Å². The normalized spacial score (nSPS) is 11.1. The van der Waals surface area contributed by atoms with Crippen LogP contribution in [0.3, 0.4) is 0 Å². The molecule has 0 radical (unpaired) electrons. The number of halogens is 2. The molecule has 32 heavy (non-hydrogen) atoms. The quantitative estimate of drug-likeness (QED) is 0.480. The number of nitrogens with one attached hydrogen (secondary N) is 1. The first kappa shape index (κ1) is 23.9. The van der Waals surface area contributed by atoms with Crippen molar-refractivity contribution in [3.63, 3.8) is 0 Å². The summed E-state index contributed by atoms with van der Waals surface area (Å²) in [4.78, 5) is 14.7. The molecular formula is C23H23Cl2N3O3S. The molecule has 0 spiro atoms. The Morgan fingerprint density at radius 3 is 2.12 bits per heavy atom. The molecule has 0 bridgehead atoms. The van der Waals surface area contributed by atoms with Crippen molar-refractivity contribution >= 4 is 50.5 Å². The van der Waals surface area contributed by atoms with E-state index in [0.717, 1.165) is 9.99 Å². The van der Waals surface area contributed by atoms with E-state index in [2.05, 4.69) is 5.32 Å². The number of likely N-dealkylation sites (N-methyl/N-ethyl adjacent to an activating group) is 1. The molecule has 0 fully saturated rings. The first-order chi connectivity index (χ1) is 15.3. The summed E-state index contributed by atoms with van der Waals surface area (Å²) < 4.78 is 27.6. The summed E-state index contributed by atoms with van der Waals surface area (Å²) in [6.07, 6.45) is 0. The Kier molecular flexibility index (Phi) is 8.01. The summed E-state index contributed by atoms with van der Waals surface area (Å²) in [5.74, 6) is -0.433. The van der Waals surface area contributed by atoms with E-state index < -0.39 is 22.5 Å². The largest absolute Gasteiger partial charge is 0.373 e. The number of hydrogen-bond acceptors (Lipinski definition) is 4. The van der Waals surface area contributed by atoms with Crippen LogP contribution in [-0.2, 0) is 14.8 Å². The predicted octanol–water partition coefficient (Wildman–Crippen LogP) is 4.44. The fourth-order valence-electron chi connectivity index (χ4n) is 3.04. The number of amides is 1. The van der Waals surface area contributed by atoms with Gasteiger partial charge in [-0.1, -0.05) is 59.6 Å². The number of carbonyl (C=O) groups is 1. The fraction of sp³-hybridized carbons (Fsp3) is 0.174. The van der Waals surface area contributed by atoms with Crippen molar-refractivity contribution in [1.82, 2.24) is 5.32 Å². The third-order valence-electron chi connectivity index (χ3n) is 4.78. The lowest BCUT2D eigenvalue weighted by atomic mass is 10.3.